The second-order valence-electron chi connectivity index (χ2n) is 1.88. The third-order valence-electron chi connectivity index (χ3n) is 0.995. The number of carbonyl (C=O) groups excluding carboxylic acids is 2. The lowest BCUT2D eigenvalue weighted by Gasteiger charge is -2.01. The van der Waals surface area contributed by atoms with Crippen molar-refractivity contribution in [3.63, 3.8) is 0 Å². The number of methoxy groups -OCH3 is 1. The first kappa shape index (κ1) is 9.90. The molecule has 0 atom stereocenters. The molecule has 0 radical (unpaired) electrons. The molecule has 0 rings (SSSR count). The van der Waals surface area contributed by atoms with E-state index in [1.54, 1.807) is 7.05 Å². The molecule has 0 aliphatic carbocycles. The average molecular weight is 160 g/mol. The molecule has 0 aliphatic heterocycles. The van der Waals surface area contributed by atoms with Crippen molar-refractivity contribution in [1.29, 1.82) is 0 Å². The van der Waals surface area contributed by atoms with E-state index < -0.39 is 5.97 Å². The van der Waals surface area contributed by atoms with Crippen LogP contribution in [0.15, 0.2) is 0 Å². The highest BCUT2D eigenvalue weighted by Crippen LogP contribution is 1.82. The van der Waals surface area contributed by atoms with E-state index in [1.807, 2.05) is 0 Å². The number of amides is 1. The van der Waals surface area contributed by atoms with Gasteiger partial charge in [-0.25, -0.2) is 0 Å². The molecule has 0 fully saturated rings. The second-order valence-corrected chi connectivity index (χ2v) is 1.88. The molecule has 0 saturated heterocycles. The van der Waals surface area contributed by atoms with Crippen molar-refractivity contribution in [3.05, 3.63) is 0 Å². The zero-order chi connectivity index (χ0) is 8.69. The minimum atomic E-state index is -0.529. The number of rotatable bonds is 4. The Hall–Kier alpha value is -1.10. The standard InChI is InChI=1S/C6H12N2O3/c1-7-4-8-5(9)3-6(10)11-2/h7H,3-4H2,1-2H3,(H,8,9). The molecule has 0 spiro atoms. The van der Waals surface area contributed by atoms with E-state index in [9.17, 15) is 9.59 Å². The molecule has 1 amide bonds. The van der Waals surface area contributed by atoms with Gasteiger partial charge in [0.05, 0.1) is 13.8 Å². The topological polar surface area (TPSA) is 67.4 Å². The van der Waals surface area contributed by atoms with E-state index in [0.717, 1.165) is 0 Å². The Kier molecular flexibility index (Phi) is 5.10. The molecule has 0 saturated carbocycles. The van der Waals surface area contributed by atoms with Gasteiger partial charge in [-0.3, -0.25) is 9.59 Å². The Balaban J connectivity index is 3.44. The van der Waals surface area contributed by atoms with E-state index in [1.165, 1.54) is 7.11 Å². The lowest BCUT2D eigenvalue weighted by Crippen LogP contribution is -2.33. The van der Waals surface area contributed by atoms with Crippen LogP contribution in [-0.2, 0) is 14.3 Å². The fourth-order valence-electron chi connectivity index (χ4n) is 0.453. The van der Waals surface area contributed by atoms with E-state index >= 15 is 0 Å². The molecule has 11 heavy (non-hydrogen) atoms. The first-order chi connectivity index (χ1) is 5.20. The van der Waals surface area contributed by atoms with Gasteiger partial charge in [0.1, 0.15) is 6.42 Å². The SMILES string of the molecule is CNCNC(=O)CC(=O)OC. The number of nitrogens with one attached hydrogen (secondary N) is 2. The van der Waals surface area contributed by atoms with Crippen LogP contribution in [0.25, 0.3) is 0 Å². The third-order valence-corrected chi connectivity index (χ3v) is 0.995. The second kappa shape index (κ2) is 5.67. The summed E-state index contributed by atoms with van der Waals surface area (Å²) >= 11 is 0. The highest BCUT2D eigenvalue weighted by Gasteiger charge is 2.06. The van der Waals surface area contributed by atoms with Crippen LogP contribution in [0.2, 0.25) is 0 Å². The molecule has 0 heterocycles. The molecule has 0 bridgehead atoms. The van der Waals surface area contributed by atoms with E-state index in [0.29, 0.717) is 6.67 Å². The highest BCUT2D eigenvalue weighted by atomic mass is 16.5. The Morgan fingerprint density at radius 2 is 2.09 bits per heavy atom. The van der Waals surface area contributed by atoms with Gasteiger partial charge in [-0.2, -0.15) is 0 Å². The molecule has 5 nitrogen and oxygen atoms in total. The maximum Gasteiger partial charge on any atom is 0.315 e. The van der Waals surface area contributed by atoms with E-state index in [2.05, 4.69) is 15.4 Å². The maximum atomic E-state index is 10.7. The van der Waals surface area contributed by atoms with Crippen LogP contribution in [0.1, 0.15) is 6.42 Å². The van der Waals surface area contributed by atoms with Crippen molar-refractivity contribution in [2.45, 2.75) is 6.42 Å². The summed E-state index contributed by atoms with van der Waals surface area (Å²) in [4.78, 5) is 21.2. The van der Waals surface area contributed by atoms with Crippen LogP contribution in [-0.4, -0.2) is 32.7 Å². The smallest absolute Gasteiger partial charge is 0.315 e. The zero-order valence-electron chi connectivity index (χ0n) is 6.64. The number of ether oxygens (including phenoxy) is 1. The Labute approximate surface area is 65.1 Å². The minimum Gasteiger partial charge on any atom is -0.469 e. The van der Waals surface area contributed by atoms with Gasteiger partial charge in [-0.1, -0.05) is 0 Å². The Morgan fingerprint density at radius 1 is 1.45 bits per heavy atom. The summed E-state index contributed by atoms with van der Waals surface area (Å²) in [5.74, 6) is -0.871. The van der Waals surface area contributed by atoms with E-state index in [4.69, 9.17) is 0 Å². The number of carbonyl (C=O) groups is 2. The first-order valence-electron chi connectivity index (χ1n) is 3.18. The summed E-state index contributed by atoms with van der Waals surface area (Å²) < 4.78 is 4.28. The van der Waals surface area contributed by atoms with E-state index in [-0.39, 0.29) is 12.3 Å². The molecule has 0 unspecified atom stereocenters. The summed E-state index contributed by atoms with van der Waals surface area (Å²) in [6.45, 7) is 0.357. The van der Waals surface area contributed by atoms with Crippen LogP contribution in [0.5, 0.6) is 0 Å². The van der Waals surface area contributed by atoms with Crippen molar-refractivity contribution in [2.75, 3.05) is 20.8 Å². The largest absolute Gasteiger partial charge is 0.469 e. The van der Waals surface area contributed by atoms with Gasteiger partial charge in [0.25, 0.3) is 0 Å². The normalized spacial score (nSPS) is 8.91. The lowest BCUT2D eigenvalue weighted by atomic mass is 10.4. The van der Waals surface area contributed by atoms with Gasteiger partial charge >= 0.3 is 5.97 Å². The van der Waals surface area contributed by atoms with Crippen LogP contribution in [0, 0.1) is 0 Å². The third kappa shape index (κ3) is 5.35. The van der Waals surface area contributed by atoms with Crippen LogP contribution in [0.4, 0.5) is 0 Å². The lowest BCUT2D eigenvalue weighted by molar-refractivity contribution is -0.143. The molecule has 2 N–H and O–H groups in total. The van der Waals surface area contributed by atoms with Crippen LogP contribution < -0.4 is 10.6 Å². The number of hydrogen-bond donors (Lipinski definition) is 2. The van der Waals surface area contributed by atoms with Crippen molar-refractivity contribution < 1.29 is 14.3 Å². The Bertz CT molecular complexity index is 147. The molecular formula is C6H12N2O3. The van der Waals surface area contributed by atoms with Gasteiger partial charge < -0.3 is 15.4 Å². The molecule has 0 aromatic carbocycles. The molecule has 0 aliphatic rings. The quantitative estimate of drug-likeness (QED) is 0.309. The predicted molar refractivity (Wildman–Crippen MR) is 38.7 cm³/mol. The zero-order valence-corrected chi connectivity index (χ0v) is 6.64. The number of esters is 1. The fraction of sp³-hybridized carbons (Fsp3) is 0.667. The van der Waals surface area contributed by atoms with Crippen LogP contribution in [0.3, 0.4) is 0 Å². The first-order valence-corrected chi connectivity index (χ1v) is 3.18. The van der Waals surface area contributed by atoms with Crippen molar-refractivity contribution in [2.24, 2.45) is 0 Å². The monoisotopic (exact) mass is 160 g/mol. The predicted octanol–water partition coefficient (Wildman–Crippen LogP) is -1.16. The summed E-state index contributed by atoms with van der Waals surface area (Å²) in [5, 5.41) is 5.15. The van der Waals surface area contributed by atoms with Crippen LogP contribution >= 0.6 is 0 Å². The van der Waals surface area contributed by atoms with Gasteiger partial charge in [-0.05, 0) is 7.05 Å². The average Bonchev–Trinajstić information content (AvgIpc) is 2.00. The molecule has 0 aromatic rings. The maximum absolute atomic E-state index is 10.7. The van der Waals surface area contributed by atoms with Gasteiger partial charge in [0, 0.05) is 0 Å². The summed E-state index contributed by atoms with van der Waals surface area (Å²) in [7, 11) is 2.94. The van der Waals surface area contributed by atoms with Crippen molar-refractivity contribution in [3.8, 4) is 0 Å². The van der Waals surface area contributed by atoms with Crippen molar-refractivity contribution in [1.82, 2.24) is 10.6 Å². The fourth-order valence-corrected chi connectivity index (χ4v) is 0.453. The minimum absolute atomic E-state index is 0.224. The molecule has 0 aromatic heterocycles. The van der Waals surface area contributed by atoms with Gasteiger partial charge in [0.15, 0.2) is 0 Å². The summed E-state index contributed by atoms with van der Waals surface area (Å²) in [6, 6.07) is 0. The molecular weight excluding hydrogens is 148 g/mol. The summed E-state index contributed by atoms with van der Waals surface area (Å²) in [5.41, 5.74) is 0. The van der Waals surface area contributed by atoms with Gasteiger partial charge in [-0.15, -0.1) is 0 Å². The highest BCUT2D eigenvalue weighted by molar-refractivity contribution is 5.94. The Morgan fingerprint density at radius 3 is 2.55 bits per heavy atom. The van der Waals surface area contributed by atoms with Gasteiger partial charge in [0.2, 0.25) is 5.91 Å². The summed E-state index contributed by atoms with van der Waals surface area (Å²) in [6.07, 6.45) is -0.224. The molecule has 64 valence electrons. The van der Waals surface area contributed by atoms with Crippen molar-refractivity contribution >= 4 is 11.9 Å². The molecule has 5 heteroatoms. The number of hydrogen-bond acceptors (Lipinski definition) is 4.